The highest BCUT2D eigenvalue weighted by Crippen LogP contribution is 2.20. The number of carbonyl (C=O) groups excluding carboxylic acids is 1. The van der Waals surface area contributed by atoms with Gasteiger partial charge in [-0.15, -0.1) is 11.3 Å². The van der Waals surface area contributed by atoms with E-state index in [-0.39, 0.29) is 10.7 Å². The normalized spacial score (nSPS) is 11.5. The first-order valence-electron chi connectivity index (χ1n) is 4.52. The van der Waals surface area contributed by atoms with Crippen LogP contribution in [0, 0.1) is 2.88 Å². The Morgan fingerprint density at radius 3 is 2.80 bits per heavy atom. The topological polar surface area (TPSA) is 29.1 Å². The largest absolute Gasteiger partial charge is 0.351 e. The third kappa shape index (κ3) is 4.32. The molecule has 2 nitrogen and oxygen atoms in total. The highest BCUT2D eigenvalue weighted by molar-refractivity contribution is 14.1. The van der Waals surface area contributed by atoms with E-state index in [1.165, 1.54) is 0 Å². The van der Waals surface area contributed by atoms with E-state index in [2.05, 4.69) is 48.0 Å². The smallest absolute Gasteiger partial charge is 0.252 e. The van der Waals surface area contributed by atoms with Gasteiger partial charge in [0.05, 0.1) is 8.45 Å². The van der Waals surface area contributed by atoms with Gasteiger partial charge in [-0.05, 0) is 48.8 Å². The van der Waals surface area contributed by atoms with E-state index < -0.39 is 0 Å². The van der Waals surface area contributed by atoms with Crippen molar-refractivity contribution >= 4 is 51.6 Å². The Labute approximate surface area is 112 Å². The van der Waals surface area contributed by atoms with Gasteiger partial charge in [-0.25, -0.2) is 0 Å². The van der Waals surface area contributed by atoms with Crippen LogP contribution in [-0.4, -0.2) is 23.5 Å². The molecule has 0 unspecified atom stereocenters. The molecular weight excluding hydrogens is 341 g/mol. The van der Waals surface area contributed by atoms with Crippen LogP contribution < -0.4 is 5.32 Å². The maximum Gasteiger partial charge on any atom is 0.252 e. The van der Waals surface area contributed by atoms with Crippen molar-refractivity contribution in [3.05, 3.63) is 19.9 Å². The molecule has 0 spiro atoms. The second-order valence-electron chi connectivity index (χ2n) is 3.79. The number of rotatable bonds is 4. The van der Waals surface area contributed by atoms with E-state index in [1.54, 1.807) is 23.1 Å². The predicted octanol–water partition coefficient (Wildman–Crippen LogP) is 3.22. The van der Waals surface area contributed by atoms with Gasteiger partial charge in [0.15, 0.2) is 0 Å². The minimum Gasteiger partial charge on any atom is -0.351 e. The maximum atomic E-state index is 11.7. The lowest BCUT2D eigenvalue weighted by Crippen LogP contribution is -2.35. The van der Waals surface area contributed by atoms with Crippen LogP contribution in [0.25, 0.3) is 0 Å². The summed E-state index contributed by atoms with van der Waals surface area (Å²) >= 11 is 5.57. The summed E-state index contributed by atoms with van der Waals surface area (Å²) in [4.78, 5) is 11.7. The lowest BCUT2D eigenvalue weighted by molar-refractivity contribution is 0.0951. The molecular formula is C10H14INOS2. The third-order valence-corrected chi connectivity index (χ3v) is 5.10. The van der Waals surface area contributed by atoms with Crippen molar-refractivity contribution in [2.45, 2.75) is 18.6 Å². The van der Waals surface area contributed by atoms with Crippen LogP contribution in [0.15, 0.2) is 11.4 Å². The summed E-state index contributed by atoms with van der Waals surface area (Å²) in [6.45, 7) is 4.93. The molecule has 1 aromatic rings. The second kappa shape index (κ2) is 5.54. The van der Waals surface area contributed by atoms with Gasteiger partial charge in [0.25, 0.3) is 5.91 Å². The molecule has 0 aliphatic carbocycles. The molecule has 1 rings (SSSR count). The average molecular weight is 355 g/mol. The molecule has 1 amide bonds. The summed E-state index contributed by atoms with van der Waals surface area (Å²) in [5.41, 5.74) is 0.765. The Balaban J connectivity index is 2.50. The van der Waals surface area contributed by atoms with Gasteiger partial charge in [0, 0.05) is 16.7 Å². The Bertz CT molecular complexity index is 349. The summed E-state index contributed by atoms with van der Waals surface area (Å²) < 4.78 is 1.24. The minimum absolute atomic E-state index is 0.0243. The molecule has 5 heteroatoms. The van der Waals surface area contributed by atoms with Gasteiger partial charge >= 0.3 is 0 Å². The van der Waals surface area contributed by atoms with Crippen molar-refractivity contribution in [2.24, 2.45) is 0 Å². The first-order chi connectivity index (χ1) is 6.94. The quantitative estimate of drug-likeness (QED) is 0.841. The Morgan fingerprint density at radius 2 is 2.33 bits per heavy atom. The number of thiophene rings is 1. The fourth-order valence-electron chi connectivity index (χ4n) is 0.897. The number of halogens is 1. The minimum atomic E-state index is 0.0243. The number of nitrogens with one attached hydrogen (secondary N) is 1. The third-order valence-electron chi connectivity index (χ3n) is 2.06. The van der Waals surface area contributed by atoms with Crippen molar-refractivity contribution in [2.75, 3.05) is 12.8 Å². The van der Waals surface area contributed by atoms with Gasteiger partial charge in [-0.3, -0.25) is 4.79 Å². The molecule has 0 aliphatic rings. The van der Waals surface area contributed by atoms with Crippen molar-refractivity contribution in [1.29, 1.82) is 0 Å². The zero-order chi connectivity index (χ0) is 11.5. The lowest BCUT2D eigenvalue weighted by atomic mass is 10.2. The number of carbonyl (C=O) groups is 1. The Morgan fingerprint density at radius 1 is 1.67 bits per heavy atom. The van der Waals surface area contributed by atoms with Crippen molar-refractivity contribution in [3.8, 4) is 0 Å². The second-order valence-corrected chi connectivity index (χ2v) is 8.10. The molecule has 0 fully saturated rings. The molecule has 0 aliphatic heterocycles. The highest BCUT2D eigenvalue weighted by Gasteiger charge is 2.17. The molecule has 0 saturated carbocycles. The monoisotopic (exact) mass is 355 g/mol. The number of hydrogen-bond donors (Lipinski definition) is 1. The average Bonchev–Trinajstić information content (AvgIpc) is 2.61. The van der Waals surface area contributed by atoms with Gasteiger partial charge in [0.1, 0.15) is 0 Å². The van der Waals surface area contributed by atoms with E-state index in [4.69, 9.17) is 0 Å². The van der Waals surface area contributed by atoms with Gasteiger partial charge in [-0.1, -0.05) is 0 Å². The van der Waals surface area contributed by atoms with Crippen molar-refractivity contribution in [1.82, 2.24) is 5.32 Å². The Hall–Kier alpha value is 0.250. The fraction of sp³-hybridized carbons (Fsp3) is 0.500. The van der Waals surface area contributed by atoms with E-state index in [0.717, 1.165) is 8.45 Å². The molecule has 1 heterocycles. The standard InChI is InChI=1S/C10H14INOS2/c1-10(2,14-3)6-12-9(13)7-4-8(11)15-5-7/h4-5H,6H2,1-3H3,(H,12,13). The SMILES string of the molecule is CSC(C)(C)CNC(=O)c1csc(I)c1. The molecule has 15 heavy (non-hydrogen) atoms. The van der Waals surface area contributed by atoms with Crippen LogP contribution in [0.2, 0.25) is 0 Å². The molecule has 1 aromatic heterocycles. The molecule has 1 N–H and O–H groups in total. The van der Waals surface area contributed by atoms with Crippen LogP contribution in [0.1, 0.15) is 24.2 Å². The van der Waals surface area contributed by atoms with E-state index in [1.807, 2.05) is 11.4 Å². The Kier molecular flexibility index (Phi) is 4.92. The zero-order valence-corrected chi connectivity index (χ0v) is 12.8. The van der Waals surface area contributed by atoms with Gasteiger partial charge in [0.2, 0.25) is 0 Å². The van der Waals surface area contributed by atoms with Gasteiger partial charge < -0.3 is 5.32 Å². The number of hydrogen-bond acceptors (Lipinski definition) is 3. The molecule has 0 saturated heterocycles. The van der Waals surface area contributed by atoms with Crippen LogP contribution in [0.5, 0.6) is 0 Å². The summed E-state index contributed by atoms with van der Waals surface area (Å²) in [5, 5.41) is 4.84. The van der Waals surface area contributed by atoms with Gasteiger partial charge in [-0.2, -0.15) is 11.8 Å². The van der Waals surface area contributed by atoms with Crippen molar-refractivity contribution in [3.63, 3.8) is 0 Å². The van der Waals surface area contributed by atoms with Crippen LogP contribution in [0.3, 0.4) is 0 Å². The number of amides is 1. The molecule has 0 aromatic carbocycles. The van der Waals surface area contributed by atoms with E-state index in [0.29, 0.717) is 6.54 Å². The number of thioether (sulfide) groups is 1. The predicted molar refractivity (Wildman–Crippen MR) is 77.0 cm³/mol. The molecule has 0 atom stereocenters. The molecule has 84 valence electrons. The zero-order valence-electron chi connectivity index (χ0n) is 8.96. The van der Waals surface area contributed by atoms with Crippen LogP contribution in [0.4, 0.5) is 0 Å². The van der Waals surface area contributed by atoms with E-state index >= 15 is 0 Å². The fourth-order valence-corrected chi connectivity index (χ4v) is 2.44. The summed E-state index contributed by atoms with van der Waals surface area (Å²) in [5.74, 6) is 0.0243. The van der Waals surface area contributed by atoms with Crippen LogP contribution in [-0.2, 0) is 0 Å². The highest BCUT2D eigenvalue weighted by atomic mass is 127. The molecule has 0 radical (unpaired) electrons. The van der Waals surface area contributed by atoms with Crippen molar-refractivity contribution < 1.29 is 4.79 Å². The lowest BCUT2D eigenvalue weighted by Gasteiger charge is -2.21. The summed E-state index contributed by atoms with van der Waals surface area (Å²) in [7, 11) is 0. The summed E-state index contributed by atoms with van der Waals surface area (Å²) in [6, 6.07) is 1.91. The van der Waals surface area contributed by atoms with Crippen LogP contribution >= 0.6 is 45.7 Å². The first kappa shape index (κ1) is 13.3. The maximum absolute atomic E-state index is 11.7. The summed E-state index contributed by atoms with van der Waals surface area (Å²) in [6.07, 6.45) is 2.06. The molecule has 0 bridgehead atoms. The first-order valence-corrected chi connectivity index (χ1v) is 7.70. The van der Waals surface area contributed by atoms with E-state index in [9.17, 15) is 4.79 Å².